The molecule has 2 unspecified atom stereocenters. The molecule has 0 radical (unpaired) electrons. The van der Waals surface area contributed by atoms with E-state index in [9.17, 15) is 0 Å². The van der Waals surface area contributed by atoms with Crippen LogP contribution in [0.3, 0.4) is 0 Å². The molecule has 2 bridgehead atoms. The zero-order valence-electron chi connectivity index (χ0n) is 9.54. The van der Waals surface area contributed by atoms with Gasteiger partial charge in [-0.2, -0.15) is 0 Å². The summed E-state index contributed by atoms with van der Waals surface area (Å²) in [6.45, 7) is 17.2. The second-order valence-corrected chi connectivity index (χ2v) is 3.13. The summed E-state index contributed by atoms with van der Waals surface area (Å²) >= 11 is 0. The Morgan fingerprint density at radius 1 is 1.00 bits per heavy atom. The smallest absolute Gasteiger partial charge is 0.0228 e. The van der Waals surface area contributed by atoms with Crippen LogP contribution in [0.4, 0.5) is 0 Å². The molecule has 2 atom stereocenters. The van der Waals surface area contributed by atoms with Crippen molar-refractivity contribution >= 4 is 0 Å². The van der Waals surface area contributed by atoms with Crippen LogP contribution in [0.25, 0.3) is 0 Å². The molecule has 2 rings (SSSR count). The van der Waals surface area contributed by atoms with Gasteiger partial charge in [-0.1, -0.05) is 18.2 Å². The third-order valence-corrected chi connectivity index (χ3v) is 2.17. The Balaban J connectivity index is 0. The van der Waals surface area contributed by atoms with Crippen LogP contribution in [-0.2, 0) is 0 Å². The Bertz CT molecular complexity index is 141. The normalized spacial score (nSPS) is 24.4. The van der Waals surface area contributed by atoms with Crippen molar-refractivity contribution in [3.63, 3.8) is 0 Å². The maximum Gasteiger partial charge on any atom is -0.0228 e. The average Bonchev–Trinajstić information content (AvgIpc) is 2.89. The number of hydrogen-bond acceptors (Lipinski definition) is 0. The first kappa shape index (κ1) is 15.4. The first-order valence-corrected chi connectivity index (χ1v) is 5.12. The highest BCUT2D eigenvalue weighted by atomic mass is 14.3. The molecule has 0 spiro atoms. The van der Waals surface area contributed by atoms with Gasteiger partial charge in [0.2, 0.25) is 0 Å². The second kappa shape index (κ2) is 12.0. The van der Waals surface area contributed by atoms with E-state index in [0.717, 1.165) is 11.8 Å². The van der Waals surface area contributed by atoms with E-state index in [-0.39, 0.29) is 0 Å². The van der Waals surface area contributed by atoms with Crippen LogP contribution >= 0.6 is 0 Å². The molecule has 2 aliphatic carbocycles. The topological polar surface area (TPSA) is 0 Å². The van der Waals surface area contributed by atoms with Gasteiger partial charge in [-0.15, -0.1) is 32.9 Å². The van der Waals surface area contributed by atoms with Crippen LogP contribution < -0.4 is 0 Å². The van der Waals surface area contributed by atoms with Crippen molar-refractivity contribution in [2.75, 3.05) is 0 Å². The van der Waals surface area contributed by atoms with Crippen LogP contribution in [0, 0.1) is 11.8 Å². The van der Waals surface area contributed by atoms with E-state index in [2.05, 4.69) is 45.0 Å². The molecule has 2 aliphatic rings. The van der Waals surface area contributed by atoms with E-state index in [1.165, 1.54) is 19.3 Å². The van der Waals surface area contributed by atoms with Crippen molar-refractivity contribution in [3.05, 3.63) is 51.1 Å². The molecular formula is C14H24. The van der Waals surface area contributed by atoms with Crippen molar-refractivity contribution in [2.24, 2.45) is 11.8 Å². The quantitative estimate of drug-likeness (QED) is 0.485. The first-order valence-electron chi connectivity index (χ1n) is 5.12. The standard InChI is InChI=1S/C7H10.C3H6.2C2H4/c1-2-7-4-3-6(1)5-7;1-3-2;2*1-2/h1-2,6-7H,3-5H2;3H,1H2,2H3;2*1-2H2. The molecule has 1 fully saturated rings. The average molecular weight is 192 g/mol. The summed E-state index contributed by atoms with van der Waals surface area (Å²) < 4.78 is 0. The molecule has 14 heavy (non-hydrogen) atoms. The molecular weight excluding hydrogens is 168 g/mol. The van der Waals surface area contributed by atoms with E-state index >= 15 is 0 Å². The monoisotopic (exact) mass is 192 g/mol. The lowest BCUT2D eigenvalue weighted by Gasteiger charge is -1.96. The van der Waals surface area contributed by atoms with Crippen molar-refractivity contribution in [1.29, 1.82) is 0 Å². The fourth-order valence-electron chi connectivity index (χ4n) is 1.72. The minimum atomic E-state index is 0.991. The van der Waals surface area contributed by atoms with Gasteiger partial charge in [0.15, 0.2) is 0 Å². The van der Waals surface area contributed by atoms with Gasteiger partial charge < -0.3 is 0 Å². The Morgan fingerprint density at radius 3 is 1.36 bits per heavy atom. The number of allylic oxidation sites excluding steroid dienone is 3. The SMILES string of the molecule is C1=CC2CCC1C2.C=C.C=C.C=CC. The van der Waals surface area contributed by atoms with E-state index in [1.54, 1.807) is 6.08 Å². The van der Waals surface area contributed by atoms with Gasteiger partial charge in [0.1, 0.15) is 0 Å². The molecule has 0 aromatic carbocycles. The van der Waals surface area contributed by atoms with Crippen molar-refractivity contribution < 1.29 is 0 Å². The second-order valence-electron chi connectivity index (χ2n) is 3.13. The Kier molecular flexibility index (Phi) is 13.2. The maximum atomic E-state index is 3.36. The van der Waals surface area contributed by atoms with Gasteiger partial charge in [-0.05, 0) is 38.0 Å². The molecule has 0 aliphatic heterocycles. The fourth-order valence-corrected chi connectivity index (χ4v) is 1.72. The highest BCUT2D eigenvalue weighted by molar-refractivity contribution is 5.06. The number of hydrogen-bond donors (Lipinski definition) is 0. The van der Waals surface area contributed by atoms with E-state index in [4.69, 9.17) is 0 Å². The van der Waals surface area contributed by atoms with E-state index in [0.29, 0.717) is 0 Å². The molecule has 0 nitrogen and oxygen atoms in total. The van der Waals surface area contributed by atoms with Gasteiger partial charge in [0.05, 0.1) is 0 Å². The number of rotatable bonds is 0. The van der Waals surface area contributed by atoms with Crippen LogP contribution in [0.15, 0.2) is 51.1 Å². The molecule has 0 amide bonds. The van der Waals surface area contributed by atoms with Crippen LogP contribution in [-0.4, -0.2) is 0 Å². The van der Waals surface area contributed by atoms with E-state index in [1.807, 2.05) is 6.92 Å². The van der Waals surface area contributed by atoms with Crippen molar-refractivity contribution in [3.8, 4) is 0 Å². The summed E-state index contributed by atoms with van der Waals surface area (Å²) in [7, 11) is 0. The minimum absolute atomic E-state index is 0.991. The highest BCUT2D eigenvalue weighted by Gasteiger charge is 2.25. The van der Waals surface area contributed by atoms with Crippen LogP contribution in [0.1, 0.15) is 26.2 Å². The third kappa shape index (κ3) is 6.47. The summed E-state index contributed by atoms with van der Waals surface area (Å²) in [5.41, 5.74) is 0. The molecule has 1 saturated carbocycles. The van der Waals surface area contributed by atoms with Gasteiger partial charge in [-0.25, -0.2) is 0 Å². The van der Waals surface area contributed by atoms with Crippen molar-refractivity contribution in [1.82, 2.24) is 0 Å². The van der Waals surface area contributed by atoms with Gasteiger partial charge in [0.25, 0.3) is 0 Å². The fraction of sp³-hybridized carbons (Fsp3) is 0.429. The van der Waals surface area contributed by atoms with Gasteiger partial charge in [0, 0.05) is 0 Å². The van der Waals surface area contributed by atoms with E-state index < -0.39 is 0 Å². The molecule has 0 heteroatoms. The van der Waals surface area contributed by atoms with Gasteiger partial charge >= 0.3 is 0 Å². The summed E-state index contributed by atoms with van der Waals surface area (Å²) in [6, 6.07) is 0. The third-order valence-electron chi connectivity index (χ3n) is 2.17. The summed E-state index contributed by atoms with van der Waals surface area (Å²) in [4.78, 5) is 0. The van der Waals surface area contributed by atoms with Crippen LogP contribution in [0.5, 0.6) is 0 Å². The lowest BCUT2D eigenvalue weighted by molar-refractivity contribution is 0.691. The largest absolute Gasteiger partial charge is 0.106 e. The summed E-state index contributed by atoms with van der Waals surface area (Å²) in [5, 5.41) is 0. The summed E-state index contributed by atoms with van der Waals surface area (Å²) in [5.74, 6) is 1.98. The predicted octanol–water partition coefficient (Wildman–Crippen LogP) is 4.77. The molecule has 0 N–H and O–H groups in total. The van der Waals surface area contributed by atoms with Crippen molar-refractivity contribution in [2.45, 2.75) is 26.2 Å². The Labute approximate surface area is 89.7 Å². The Hall–Kier alpha value is -1.04. The number of fused-ring (bicyclic) bond motifs is 2. The Morgan fingerprint density at radius 2 is 1.29 bits per heavy atom. The zero-order valence-corrected chi connectivity index (χ0v) is 9.54. The van der Waals surface area contributed by atoms with Gasteiger partial charge in [-0.3, -0.25) is 0 Å². The predicted molar refractivity (Wildman–Crippen MR) is 68.4 cm³/mol. The first-order chi connectivity index (χ1) is 6.86. The molecule has 0 heterocycles. The highest BCUT2D eigenvalue weighted by Crippen LogP contribution is 2.38. The molecule has 80 valence electrons. The zero-order chi connectivity index (χ0) is 11.4. The minimum Gasteiger partial charge on any atom is -0.106 e. The maximum absolute atomic E-state index is 3.36. The molecule has 0 aromatic rings. The lowest BCUT2D eigenvalue weighted by Crippen LogP contribution is -1.82. The molecule has 0 saturated heterocycles. The molecule has 0 aromatic heterocycles. The van der Waals surface area contributed by atoms with Crippen LogP contribution in [0.2, 0.25) is 0 Å². The lowest BCUT2D eigenvalue weighted by atomic mass is 10.1. The summed E-state index contributed by atoms with van der Waals surface area (Å²) in [6.07, 6.45) is 10.9.